The zero-order chi connectivity index (χ0) is 13.5. The maximum atomic E-state index is 11.9. The van der Waals surface area contributed by atoms with Crippen LogP contribution in [0.1, 0.15) is 29.4 Å². The number of carbonyl (C=O) groups excluding carboxylic acids is 1. The third-order valence-electron chi connectivity index (χ3n) is 2.48. The van der Waals surface area contributed by atoms with Gasteiger partial charge in [0, 0.05) is 23.6 Å². The Morgan fingerprint density at radius 1 is 1.61 bits per heavy atom. The van der Waals surface area contributed by atoms with Crippen LogP contribution in [0.3, 0.4) is 0 Å². The van der Waals surface area contributed by atoms with E-state index in [2.05, 4.69) is 10.3 Å². The van der Waals surface area contributed by atoms with Gasteiger partial charge in [-0.25, -0.2) is 0 Å². The van der Waals surface area contributed by atoms with E-state index in [0.717, 1.165) is 12.2 Å². The number of amides is 1. The highest BCUT2D eigenvalue weighted by Crippen LogP contribution is 2.04. The standard InChI is InChI=1S/C12H17N3OS2/c1-3-9(7-18-2)15-12(16)10-5-4-8(6-14-10)11(13)17/h4-6,9H,3,7H2,1-2H3,(H2,13,17)(H,15,16). The van der Waals surface area contributed by atoms with Gasteiger partial charge in [0.25, 0.3) is 5.91 Å². The maximum Gasteiger partial charge on any atom is 0.270 e. The molecular weight excluding hydrogens is 266 g/mol. The molecule has 4 nitrogen and oxygen atoms in total. The van der Waals surface area contributed by atoms with Crippen LogP contribution in [-0.4, -0.2) is 33.9 Å². The summed E-state index contributed by atoms with van der Waals surface area (Å²) in [5.74, 6) is 0.734. The van der Waals surface area contributed by atoms with Crippen LogP contribution in [0.4, 0.5) is 0 Å². The lowest BCUT2D eigenvalue weighted by atomic mass is 10.2. The van der Waals surface area contributed by atoms with Crippen LogP contribution in [0, 0.1) is 0 Å². The molecule has 6 heteroatoms. The number of hydrogen-bond acceptors (Lipinski definition) is 4. The zero-order valence-electron chi connectivity index (χ0n) is 10.5. The summed E-state index contributed by atoms with van der Waals surface area (Å²) in [6, 6.07) is 3.51. The lowest BCUT2D eigenvalue weighted by molar-refractivity contribution is 0.0935. The second-order valence-corrected chi connectivity index (χ2v) is 5.18. The van der Waals surface area contributed by atoms with Crippen molar-refractivity contribution in [2.75, 3.05) is 12.0 Å². The lowest BCUT2D eigenvalue weighted by Crippen LogP contribution is -2.36. The molecule has 0 spiro atoms. The van der Waals surface area contributed by atoms with Gasteiger partial charge in [-0.1, -0.05) is 19.1 Å². The molecule has 1 atom stereocenters. The number of nitrogens with two attached hydrogens (primary N) is 1. The number of hydrogen-bond donors (Lipinski definition) is 2. The molecular formula is C12H17N3OS2. The van der Waals surface area contributed by atoms with Crippen LogP contribution in [0.25, 0.3) is 0 Å². The van der Waals surface area contributed by atoms with E-state index in [0.29, 0.717) is 11.3 Å². The van der Waals surface area contributed by atoms with Gasteiger partial charge in [0.05, 0.1) is 0 Å². The fraction of sp³-hybridized carbons (Fsp3) is 0.417. The monoisotopic (exact) mass is 283 g/mol. The average Bonchev–Trinajstić information content (AvgIpc) is 2.38. The number of thiocarbonyl (C=S) groups is 1. The number of aromatic nitrogens is 1. The average molecular weight is 283 g/mol. The van der Waals surface area contributed by atoms with Crippen LogP contribution >= 0.6 is 24.0 Å². The third kappa shape index (κ3) is 4.27. The van der Waals surface area contributed by atoms with Crippen molar-refractivity contribution in [2.45, 2.75) is 19.4 Å². The highest BCUT2D eigenvalue weighted by molar-refractivity contribution is 7.98. The van der Waals surface area contributed by atoms with Crippen molar-refractivity contribution in [1.82, 2.24) is 10.3 Å². The number of carbonyl (C=O) groups is 1. The molecule has 0 saturated heterocycles. The van der Waals surface area contributed by atoms with E-state index < -0.39 is 0 Å². The Balaban J connectivity index is 2.69. The van der Waals surface area contributed by atoms with Gasteiger partial charge in [-0.2, -0.15) is 11.8 Å². The third-order valence-corrected chi connectivity index (χ3v) is 3.45. The first-order chi connectivity index (χ1) is 8.58. The fourth-order valence-corrected chi connectivity index (χ4v) is 2.24. The van der Waals surface area contributed by atoms with Gasteiger partial charge in [-0.15, -0.1) is 0 Å². The summed E-state index contributed by atoms with van der Waals surface area (Å²) in [5.41, 5.74) is 6.52. The molecule has 0 fully saturated rings. The van der Waals surface area contributed by atoms with Gasteiger partial charge < -0.3 is 11.1 Å². The molecule has 0 aliphatic carbocycles. The Morgan fingerprint density at radius 3 is 2.78 bits per heavy atom. The van der Waals surface area contributed by atoms with Crippen molar-refractivity contribution < 1.29 is 4.79 Å². The highest BCUT2D eigenvalue weighted by atomic mass is 32.2. The minimum atomic E-state index is -0.162. The molecule has 3 N–H and O–H groups in total. The summed E-state index contributed by atoms with van der Waals surface area (Å²) in [6.45, 7) is 2.05. The van der Waals surface area contributed by atoms with Gasteiger partial charge in [0.2, 0.25) is 0 Å². The Hall–Kier alpha value is -1.14. The Bertz CT molecular complexity index is 420. The number of nitrogens with zero attached hydrogens (tertiary/aromatic N) is 1. The first kappa shape index (κ1) is 14.9. The highest BCUT2D eigenvalue weighted by Gasteiger charge is 2.12. The summed E-state index contributed by atoms with van der Waals surface area (Å²) in [5, 5.41) is 2.95. The molecule has 1 amide bonds. The quantitative estimate of drug-likeness (QED) is 0.776. The summed E-state index contributed by atoms with van der Waals surface area (Å²) in [4.78, 5) is 16.3. The summed E-state index contributed by atoms with van der Waals surface area (Å²) in [7, 11) is 0. The molecule has 0 radical (unpaired) electrons. The van der Waals surface area contributed by atoms with E-state index in [1.54, 1.807) is 23.9 Å². The largest absolute Gasteiger partial charge is 0.389 e. The van der Waals surface area contributed by atoms with E-state index in [1.807, 2.05) is 13.2 Å². The predicted molar refractivity (Wildman–Crippen MR) is 80.1 cm³/mol. The van der Waals surface area contributed by atoms with Crippen LogP contribution in [-0.2, 0) is 0 Å². The molecule has 1 unspecified atom stereocenters. The van der Waals surface area contributed by atoms with Crippen molar-refractivity contribution in [3.63, 3.8) is 0 Å². The van der Waals surface area contributed by atoms with Gasteiger partial charge in [0.1, 0.15) is 10.7 Å². The topological polar surface area (TPSA) is 68.0 Å². The van der Waals surface area contributed by atoms with Crippen molar-refractivity contribution in [3.8, 4) is 0 Å². The van der Waals surface area contributed by atoms with Crippen LogP contribution in [0.15, 0.2) is 18.3 Å². The molecule has 98 valence electrons. The van der Waals surface area contributed by atoms with Crippen molar-refractivity contribution in [3.05, 3.63) is 29.6 Å². The Labute approximate surface area is 117 Å². The molecule has 1 heterocycles. The minimum absolute atomic E-state index is 0.162. The molecule has 0 aromatic carbocycles. The van der Waals surface area contributed by atoms with Crippen LogP contribution in [0.5, 0.6) is 0 Å². The molecule has 1 aromatic rings. The lowest BCUT2D eigenvalue weighted by Gasteiger charge is -2.15. The Morgan fingerprint density at radius 2 is 2.33 bits per heavy atom. The van der Waals surface area contributed by atoms with E-state index in [4.69, 9.17) is 18.0 Å². The minimum Gasteiger partial charge on any atom is -0.389 e. The van der Waals surface area contributed by atoms with Crippen LogP contribution in [0.2, 0.25) is 0 Å². The van der Waals surface area contributed by atoms with Crippen molar-refractivity contribution >= 4 is 34.9 Å². The number of pyridine rings is 1. The van der Waals surface area contributed by atoms with Gasteiger partial charge in [-0.3, -0.25) is 9.78 Å². The van der Waals surface area contributed by atoms with Crippen LogP contribution < -0.4 is 11.1 Å². The van der Waals surface area contributed by atoms with Gasteiger partial charge >= 0.3 is 0 Å². The molecule has 0 saturated carbocycles. The van der Waals surface area contributed by atoms with Crippen molar-refractivity contribution in [1.29, 1.82) is 0 Å². The first-order valence-electron chi connectivity index (χ1n) is 5.64. The van der Waals surface area contributed by atoms with E-state index in [9.17, 15) is 4.79 Å². The van der Waals surface area contributed by atoms with Gasteiger partial charge in [-0.05, 0) is 24.8 Å². The predicted octanol–water partition coefficient (Wildman–Crippen LogP) is 1.59. The smallest absolute Gasteiger partial charge is 0.270 e. The Kier molecular flexibility index (Phi) is 6.07. The summed E-state index contributed by atoms with van der Waals surface area (Å²) < 4.78 is 0. The normalized spacial score (nSPS) is 11.9. The van der Waals surface area contributed by atoms with Gasteiger partial charge in [0.15, 0.2) is 0 Å². The molecule has 0 bridgehead atoms. The first-order valence-corrected chi connectivity index (χ1v) is 7.44. The maximum absolute atomic E-state index is 11.9. The second-order valence-electron chi connectivity index (χ2n) is 3.83. The van der Waals surface area contributed by atoms with Crippen molar-refractivity contribution in [2.24, 2.45) is 5.73 Å². The number of thioether (sulfide) groups is 1. The molecule has 1 rings (SSSR count). The number of rotatable bonds is 6. The van der Waals surface area contributed by atoms with E-state index >= 15 is 0 Å². The molecule has 0 aliphatic rings. The van der Waals surface area contributed by atoms with E-state index in [1.165, 1.54) is 6.20 Å². The van der Waals surface area contributed by atoms with E-state index in [-0.39, 0.29) is 16.9 Å². The molecule has 1 aromatic heterocycles. The summed E-state index contributed by atoms with van der Waals surface area (Å²) >= 11 is 6.54. The second kappa shape index (κ2) is 7.33. The molecule has 0 aliphatic heterocycles. The fourth-order valence-electron chi connectivity index (χ4n) is 1.40. The molecule has 18 heavy (non-hydrogen) atoms. The zero-order valence-corrected chi connectivity index (χ0v) is 12.1. The summed E-state index contributed by atoms with van der Waals surface area (Å²) in [6.07, 6.45) is 4.44. The number of nitrogens with one attached hydrogen (secondary N) is 1. The SMILES string of the molecule is CCC(CSC)NC(=O)c1ccc(C(N)=S)cn1.